The van der Waals surface area contributed by atoms with Gasteiger partial charge in [-0.3, -0.25) is 9.69 Å². The zero-order valence-corrected chi connectivity index (χ0v) is 15.9. The molecule has 0 radical (unpaired) electrons. The van der Waals surface area contributed by atoms with Gasteiger partial charge in [0.15, 0.2) is 18.1 Å². The van der Waals surface area contributed by atoms with Crippen molar-refractivity contribution in [1.29, 1.82) is 0 Å². The molecular formula is C21H26N2O4. The molecule has 1 saturated heterocycles. The van der Waals surface area contributed by atoms with Gasteiger partial charge in [0.25, 0.3) is 5.91 Å². The van der Waals surface area contributed by atoms with Crippen molar-refractivity contribution in [2.45, 2.75) is 6.54 Å². The van der Waals surface area contributed by atoms with Gasteiger partial charge in [-0.25, -0.2) is 0 Å². The van der Waals surface area contributed by atoms with E-state index in [1.807, 2.05) is 53.4 Å². The van der Waals surface area contributed by atoms with Crippen LogP contribution in [0.25, 0.3) is 0 Å². The molecule has 1 fully saturated rings. The maximum absolute atomic E-state index is 12.3. The molecule has 1 amide bonds. The molecule has 0 N–H and O–H groups in total. The fourth-order valence-electron chi connectivity index (χ4n) is 3.15. The SMILES string of the molecule is COc1ccc(CN2CCN(C(=O)COc3ccccc3)CC2)cc1OC. The molecule has 2 aromatic carbocycles. The van der Waals surface area contributed by atoms with Gasteiger partial charge in [-0.1, -0.05) is 24.3 Å². The summed E-state index contributed by atoms with van der Waals surface area (Å²) in [4.78, 5) is 16.5. The summed E-state index contributed by atoms with van der Waals surface area (Å²) in [5, 5.41) is 0. The second-order valence-corrected chi connectivity index (χ2v) is 6.45. The number of ether oxygens (including phenoxy) is 3. The van der Waals surface area contributed by atoms with Gasteiger partial charge in [0.2, 0.25) is 0 Å². The molecule has 27 heavy (non-hydrogen) atoms. The minimum Gasteiger partial charge on any atom is -0.493 e. The largest absolute Gasteiger partial charge is 0.493 e. The van der Waals surface area contributed by atoms with Gasteiger partial charge >= 0.3 is 0 Å². The van der Waals surface area contributed by atoms with E-state index in [0.29, 0.717) is 13.1 Å². The molecule has 0 aromatic heterocycles. The third-order valence-corrected chi connectivity index (χ3v) is 4.68. The van der Waals surface area contributed by atoms with Crippen molar-refractivity contribution < 1.29 is 19.0 Å². The van der Waals surface area contributed by atoms with Crippen molar-refractivity contribution in [3.63, 3.8) is 0 Å². The summed E-state index contributed by atoms with van der Waals surface area (Å²) in [7, 11) is 3.28. The van der Waals surface area contributed by atoms with E-state index >= 15 is 0 Å². The minimum absolute atomic E-state index is 0.0321. The molecule has 0 atom stereocenters. The van der Waals surface area contributed by atoms with Crippen molar-refractivity contribution in [1.82, 2.24) is 9.80 Å². The van der Waals surface area contributed by atoms with Crippen LogP contribution < -0.4 is 14.2 Å². The van der Waals surface area contributed by atoms with E-state index in [0.717, 1.165) is 36.9 Å². The first-order valence-electron chi connectivity index (χ1n) is 9.08. The Morgan fingerprint density at radius 2 is 1.63 bits per heavy atom. The minimum atomic E-state index is 0.0321. The smallest absolute Gasteiger partial charge is 0.260 e. The maximum Gasteiger partial charge on any atom is 0.260 e. The summed E-state index contributed by atoms with van der Waals surface area (Å²) in [5.74, 6) is 2.22. The highest BCUT2D eigenvalue weighted by molar-refractivity contribution is 5.77. The average molecular weight is 370 g/mol. The summed E-state index contributed by atoms with van der Waals surface area (Å²) in [6.07, 6.45) is 0. The number of hydrogen-bond acceptors (Lipinski definition) is 5. The first-order chi connectivity index (χ1) is 13.2. The second kappa shape index (κ2) is 9.28. The van der Waals surface area contributed by atoms with Crippen LogP contribution >= 0.6 is 0 Å². The molecule has 0 aliphatic carbocycles. The Kier molecular flexibility index (Phi) is 6.54. The second-order valence-electron chi connectivity index (χ2n) is 6.45. The normalized spacial score (nSPS) is 14.7. The Hall–Kier alpha value is -2.73. The quantitative estimate of drug-likeness (QED) is 0.749. The molecule has 3 rings (SSSR count). The molecule has 0 saturated carbocycles. The van der Waals surface area contributed by atoms with Gasteiger partial charge in [-0.2, -0.15) is 0 Å². The highest BCUT2D eigenvalue weighted by atomic mass is 16.5. The van der Waals surface area contributed by atoms with Gasteiger partial charge < -0.3 is 19.1 Å². The number of hydrogen-bond donors (Lipinski definition) is 0. The monoisotopic (exact) mass is 370 g/mol. The van der Waals surface area contributed by atoms with Crippen LogP contribution in [0, 0.1) is 0 Å². The lowest BCUT2D eigenvalue weighted by molar-refractivity contribution is -0.135. The van der Waals surface area contributed by atoms with E-state index in [9.17, 15) is 4.79 Å². The number of carbonyl (C=O) groups is 1. The van der Waals surface area contributed by atoms with Crippen LogP contribution in [-0.2, 0) is 11.3 Å². The predicted molar refractivity (Wildman–Crippen MR) is 103 cm³/mol. The number of benzene rings is 2. The molecule has 0 unspecified atom stereocenters. The number of piperazine rings is 1. The zero-order chi connectivity index (χ0) is 19.1. The van der Waals surface area contributed by atoms with E-state index < -0.39 is 0 Å². The third kappa shape index (κ3) is 5.14. The summed E-state index contributed by atoms with van der Waals surface area (Å²) in [5.41, 5.74) is 1.17. The molecule has 144 valence electrons. The molecule has 6 nitrogen and oxygen atoms in total. The fraction of sp³-hybridized carbons (Fsp3) is 0.381. The van der Waals surface area contributed by atoms with E-state index in [2.05, 4.69) is 4.90 Å². The Morgan fingerprint density at radius 1 is 0.926 bits per heavy atom. The van der Waals surface area contributed by atoms with Crippen molar-refractivity contribution in [3.8, 4) is 17.2 Å². The van der Waals surface area contributed by atoms with Gasteiger partial charge in [0.05, 0.1) is 14.2 Å². The van der Waals surface area contributed by atoms with Crippen molar-refractivity contribution >= 4 is 5.91 Å². The Labute approximate surface area is 160 Å². The number of amides is 1. The highest BCUT2D eigenvalue weighted by Crippen LogP contribution is 2.28. The van der Waals surface area contributed by atoms with Gasteiger partial charge in [-0.15, -0.1) is 0 Å². The lowest BCUT2D eigenvalue weighted by atomic mass is 10.1. The summed E-state index contributed by atoms with van der Waals surface area (Å²) < 4.78 is 16.2. The van der Waals surface area contributed by atoms with Crippen LogP contribution in [0.2, 0.25) is 0 Å². The molecule has 1 heterocycles. The number of carbonyl (C=O) groups excluding carboxylic acids is 1. The Morgan fingerprint density at radius 3 is 2.30 bits per heavy atom. The Balaban J connectivity index is 1.46. The van der Waals surface area contributed by atoms with Crippen molar-refractivity contribution in [2.75, 3.05) is 47.0 Å². The lowest BCUT2D eigenvalue weighted by Crippen LogP contribution is -2.49. The van der Waals surface area contributed by atoms with Crippen LogP contribution in [-0.4, -0.2) is 62.7 Å². The van der Waals surface area contributed by atoms with E-state index in [4.69, 9.17) is 14.2 Å². The summed E-state index contributed by atoms with van der Waals surface area (Å²) in [6, 6.07) is 15.4. The predicted octanol–water partition coefficient (Wildman–Crippen LogP) is 2.43. The number of para-hydroxylation sites is 1. The topological polar surface area (TPSA) is 51.2 Å². The average Bonchev–Trinajstić information content (AvgIpc) is 2.73. The number of rotatable bonds is 7. The number of methoxy groups -OCH3 is 2. The van der Waals surface area contributed by atoms with Gasteiger partial charge in [0.1, 0.15) is 5.75 Å². The standard InChI is InChI=1S/C21H26N2O4/c1-25-19-9-8-17(14-20(19)26-2)15-22-10-12-23(13-11-22)21(24)16-27-18-6-4-3-5-7-18/h3-9,14H,10-13,15-16H2,1-2H3. The summed E-state index contributed by atoms with van der Waals surface area (Å²) >= 11 is 0. The van der Waals surface area contributed by atoms with Crippen LogP contribution in [0.15, 0.2) is 48.5 Å². The first-order valence-corrected chi connectivity index (χ1v) is 9.08. The Bertz CT molecular complexity index is 743. The van der Waals surface area contributed by atoms with E-state index in [-0.39, 0.29) is 12.5 Å². The molecule has 2 aromatic rings. The zero-order valence-electron chi connectivity index (χ0n) is 15.9. The maximum atomic E-state index is 12.3. The highest BCUT2D eigenvalue weighted by Gasteiger charge is 2.21. The summed E-state index contributed by atoms with van der Waals surface area (Å²) in [6.45, 7) is 4.01. The molecule has 6 heteroatoms. The third-order valence-electron chi connectivity index (χ3n) is 4.68. The molecular weight excluding hydrogens is 344 g/mol. The van der Waals surface area contributed by atoms with Gasteiger partial charge in [0, 0.05) is 32.7 Å². The molecule has 0 bridgehead atoms. The van der Waals surface area contributed by atoms with E-state index in [1.165, 1.54) is 5.56 Å². The fourth-order valence-corrected chi connectivity index (χ4v) is 3.15. The van der Waals surface area contributed by atoms with Gasteiger partial charge in [-0.05, 0) is 29.8 Å². The molecule has 1 aliphatic rings. The van der Waals surface area contributed by atoms with Crippen LogP contribution in [0.5, 0.6) is 17.2 Å². The number of nitrogens with zero attached hydrogens (tertiary/aromatic N) is 2. The van der Waals surface area contributed by atoms with Crippen molar-refractivity contribution in [3.05, 3.63) is 54.1 Å². The molecule has 0 spiro atoms. The molecule has 1 aliphatic heterocycles. The van der Waals surface area contributed by atoms with Crippen LogP contribution in [0.4, 0.5) is 0 Å². The van der Waals surface area contributed by atoms with Crippen molar-refractivity contribution in [2.24, 2.45) is 0 Å². The van der Waals surface area contributed by atoms with Crippen LogP contribution in [0.3, 0.4) is 0 Å². The first kappa shape index (κ1) is 19.0. The van der Waals surface area contributed by atoms with E-state index in [1.54, 1.807) is 14.2 Å². The lowest BCUT2D eigenvalue weighted by Gasteiger charge is -2.34. The van der Waals surface area contributed by atoms with Crippen LogP contribution in [0.1, 0.15) is 5.56 Å².